The minimum atomic E-state index is 0.628. The molecule has 0 heterocycles. The molecule has 0 saturated carbocycles. The molecule has 0 fully saturated rings. The minimum Gasteiger partial charge on any atom is -0.397 e. The highest BCUT2D eigenvalue weighted by molar-refractivity contribution is 5.80. The first-order chi connectivity index (χ1) is 5.27. The van der Waals surface area contributed by atoms with Crippen LogP contribution in [0.2, 0.25) is 0 Å². The van der Waals surface area contributed by atoms with Crippen molar-refractivity contribution in [2.75, 3.05) is 18.1 Å². The normalized spacial score (nSPS) is 9.18. The van der Waals surface area contributed by atoms with Gasteiger partial charge in [-0.05, 0) is 18.2 Å². The van der Waals surface area contributed by atoms with Crippen molar-refractivity contribution < 1.29 is 4.79 Å². The van der Waals surface area contributed by atoms with E-state index in [0.29, 0.717) is 11.3 Å². The zero-order chi connectivity index (χ0) is 8.27. The maximum absolute atomic E-state index is 10.3. The van der Waals surface area contributed by atoms with Gasteiger partial charge in [-0.1, -0.05) is 0 Å². The first kappa shape index (κ1) is 7.60. The first-order valence-electron chi connectivity index (χ1n) is 3.30. The van der Waals surface area contributed by atoms with E-state index in [4.69, 9.17) is 5.73 Å². The van der Waals surface area contributed by atoms with Crippen LogP contribution in [0.15, 0.2) is 18.2 Å². The van der Waals surface area contributed by atoms with Crippen molar-refractivity contribution in [2.45, 2.75) is 0 Å². The second-order valence-corrected chi connectivity index (χ2v) is 2.21. The van der Waals surface area contributed by atoms with E-state index in [1.165, 1.54) is 0 Å². The average molecular weight is 150 g/mol. The molecule has 3 nitrogen and oxygen atoms in total. The molecule has 0 aliphatic carbocycles. The highest BCUT2D eigenvalue weighted by atomic mass is 16.1. The Hall–Kier alpha value is -1.51. The lowest BCUT2D eigenvalue weighted by Crippen LogP contribution is -1.96. The van der Waals surface area contributed by atoms with E-state index in [9.17, 15) is 4.79 Å². The van der Waals surface area contributed by atoms with Gasteiger partial charge in [-0.2, -0.15) is 0 Å². The lowest BCUT2D eigenvalue weighted by molar-refractivity contribution is 0.112. The van der Waals surface area contributed by atoms with Crippen LogP contribution in [0.1, 0.15) is 10.4 Å². The Morgan fingerprint density at radius 1 is 1.55 bits per heavy atom. The summed E-state index contributed by atoms with van der Waals surface area (Å²) in [6.07, 6.45) is 0.792. The molecule has 1 aromatic carbocycles. The van der Waals surface area contributed by atoms with Gasteiger partial charge in [-0.15, -0.1) is 0 Å². The van der Waals surface area contributed by atoms with Gasteiger partial charge >= 0.3 is 0 Å². The Morgan fingerprint density at radius 3 is 2.82 bits per heavy atom. The third kappa shape index (κ3) is 1.49. The molecule has 0 bridgehead atoms. The Bertz CT molecular complexity index is 271. The van der Waals surface area contributed by atoms with E-state index in [1.54, 1.807) is 25.2 Å². The third-order valence-corrected chi connectivity index (χ3v) is 1.48. The summed E-state index contributed by atoms with van der Waals surface area (Å²) in [6, 6.07) is 5.10. The van der Waals surface area contributed by atoms with Crippen LogP contribution in [0.5, 0.6) is 0 Å². The van der Waals surface area contributed by atoms with Gasteiger partial charge in [-0.25, -0.2) is 0 Å². The summed E-state index contributed by atoms with van der Waals surface area (Å²) in [5.41, 5.74) is 7.64. The van der Waals surface area contributed by atoms with E-state index >= 15 is 0 Å². The van der Waals surface area contributed by atoms with Crippen molar-refractivity contribution in [3.05, 3.63) is 23.8 Å². The zero-order valence-corrected chi connectivity index (χ0v) is 6.29. The first-order valence-corrected chi connectivity index (χ1v) is 3.30. The fourth-order valence-corrected chi connectivity index (χ4v) is 0.864. The summed E-state index contributed by atoms with van der Waals surface area (Å²) in [5, 5.41) is 2.89. The van der Waals surface area contributed by atoms with E-state index in [2.05, 4.69) is 5.32 Å². The van der Waals surface area contributed by atoms with E-state index in [-0.39, 0.29) is 0 Å². The van der Waals surface area contributed by atoms with Gasteiger partial charge in [-0.3, -0.25) is 4.79 Å². The van der Waals surface area contributed by atoms with Gasteiger partial charge in [0.15, 0.2) is 0 Å². The van der Waals surface area contributed by atoms with Gasteiger partial charge < -0.3 is 11.1 Å². The number of nitrogens with two attached hydrogens (primary N) is 1. The topological polar surface area (TPSA) is 55.1 Å². The number of benzene rings is 1. The number of hydrogen-bond donors (Lipinski definition) is 2. The van der Waals surface area contributed by atoms with E-state index < -0.39 is 0 Å². The smallest absolute Gasteiger partial charge is 0.150 e. The molecule has 0 amide bonds. The second-order valence-electron chi connectivity index (χ2n) is 2.21. The Kier molecular flexibility index (Phi) is 2.11. The standard InChI is InChI=1S/C8H10N2O/c1-10-8-4-6(5-11)2-3-7(8)9/h2-5,10H,9H2,1H3. The predicted octanol–water partition coefficient (Wildman–Crippen LogP) is 1.12. The van der Waals surface area contributed by atoms with Crippen LogP contribution in [0.25, 0.3) is 0 Å². The third-order valence-electron chi connectivity index (χ3n) is 1.48. The monoisotopic (exact) mass is 150 g/mol. The van der Waals surface area contributed by atoms with Crippen molar-refractivity contribution >= 4 is 17.7 Å². The molecule has 0 radical (unpaired) electrons. The molecule has 0 spiro atoms. The zero-order valence-electron chi connectivity index (χ0n) is 6.29. The van der Waals surface area contributed by atoms with Crippen LogP contribution in [-0.2, 0) is 0 Å². The highest BCUT2D eigenvalue weighted by Gasteiger charge is 1.96. The molecule has 3 N–H and O–H groups in total. The number of hydrogen-bond acceptors (Lipinski definition) is 3. The summed E-state index contributed by atoms with van der Waals surface area (Å²) in [4.78, 5) is 10.3. The van der Waals surface area contributed by atoms with Crippen molar-refractivity contribution in [3.8, 4) is 0 Å². The highest BCUT2D eigenvalue weighted by Crippen LogP contribution is 2.17. The molecule has 0 saturated heterocycles. The number of carbonyl (C=O) groups excluding carboxylic acids is 1. The fraction of sp³-hybridized carbons (Fsp3) is 0.125. The van der Waals surface area contributed by atoms with Crippen LogP contribution in [0.3, 0.4) is 0 Å². The SMILES string of the molecule is CNc1cc(C=O)ccc1N. The van der Waals surface area contributed by atoms with E-state index in [0.717, 1.165) is 12.0 Å². The largest absolute Gasteiger partial charge is 0.397 e. The molecular formula is C8H10N2O. The molecule has 0 atom stereocenters. The summed E-state index contributed by atoms with van der Waals surface area (Å²) in [7, 11) is 1.76. The molecule has 11 heavy (non-hydrogen) atoms. The molecular weight excluding hydrogens is 140 g/mol. The summed E-state index contributed by atoms with van der Waals surface area (Å²) in [5.74, 6) is 0. The quantitative estimate of drug-likeness (QED) is 0.490. The predicted molar refractivity (Wildman–Crippen MR) is 45.8 cm³/mol. The maximum Gasteiger partial charge on any atom is 0.150 e. The Balaban J connectivity index is 3.12. The Labute approximate surface area is 65.2 Å². The van der Waals surface area contributed by atoms with Crippen molar-refractivity contribution in [2.24, 2.45) is 0 Å². The van der Waals surface area contributed by atoms with Gasteiger partial charge in [0.05, 0.1) is 11.4 Å². The summed E-state index contributed by atoms with van der Waals surface area (Å²) < 4.78 is 0. The lowest BCUT2D eigenvalue weighted by atomic mass is 10.2. The fourth-order valence-electron chi connectivity index (χ4n) is 0.864. The van der Waals surface area contributed by atoms with Gasteiger partial charge in [0.2, 0.25) is 0 Å². The number of nitrogen functional groups attached to an aromatic ring is 1. The lowest BCUT2D eigenvalue weighted by Gasteiger charge is -2.03. The number of aldehydes is 1. The van der Waals surface area contributed by atoms with Crippen LogP contribution in [0.4, 0.5) is 11.4 Å². The van der Waals surface area contributed by atoms with Gasteiger partial charge in [0.25, 0.3) is 0 Å². The van der Waals surface area contributed by atoms with Crippen LogP contribution >= 0.6 is 0 Å². The number of anilines is 2. The van der Waals surface area contributed by atoms with Crippen LogP contribution < -0.4 is 11.1 Å². The molecule has 3 heteroatoms. The van der Waals surface area contributed by atoms with Gasteiger partial charge in [0, 0.05) is 12.6 Å². The minimum absolute atomic E-state index is 0.628. The summed E-state index contributed by atoms with van der Waals surface area (Å²) in [6.45, 7) is 0. The van der Waals surface area contributed by atoms with E-state index in [1.807, 2.05) is 0 Å². The number of carbonyl (C=O) groups is 1. The number of rotatable bonds is 2. The van der Waals surface area contributed by atoms with Crippen molar-refractivity contribution in [1.82, 2.24) is 0 Å². The molecule has 0 aromatic heterocycles. The summed E-state index contributed by atoms with van der Waals surface area (Å²) >= 11 is 0. The number of nitrogens with one attached hydrogen (secondary N) is 1. The maximum atomic E-state index is 10.3. The molecule has 1 aromatic rings. The Morgan fingerprint density at radius 2 is 2.27 bits per heavy atom. The van der Waals surface area contributed by atoms with Crippen LogP contribution in [0, 0.1) is 0 Å². The second kappa shape index (κ2) is 3.05. The molecule has 0 unspecified atom stereocenters. The van der Waals surface area contributed by atoms with Crippen LogP contribution in [-0.4, -0.2) is 13.3 Å². The van der Waals surface area contributed by atoms with Crippen molar-refractivity contribution in [1.29, 1.82) is 0 Å². The molecule has 58 valence electrons. The van der Waals surface area contributed by atoms with Gasteiger partial charge in [0.1, 0.15) is 6.29 Å². The molecule has 1 rings (SSSR count). The molecule has 0 aliphatic heterocycles. The average Bonchev–Trinajstić information content (AvgIpc) is 2.05. The van der Waals surface area contributed by atoms with Crippen molar-refractivity contribution in [3.63, 3.8) is 0 Å². The molecule has 0 aliphatic rings.